The summed E-state index contributed by atoms with van der Waals surface area (Å²) in [6.45, 7) is 0. The number of anilines is 1. The molecule has 2 atom stereocenters. The molecule has 2 saturated heterocycles. The number of nitrogens with zero attached hydrogens (tertiary/aromatic N) is 2. The Morgan fingerprint density at radius 3 is 2.55 bits per heavy atom. The Morgan fingerprint density at radius 1 is 1.10 bits per heavy atom. The third-order valence-electron chi connectivity index (χ3n) is 4.93. The van der Waals surface area contributed by atoms with Crippen molar-refractivity contribution in [3.63, 3.8) is 0 Å². The summed E-state index contributed by atoms with van der Waals surface area (Å²) in [6.07, 6.45) is 0. The van der Waals surface area contributed by atoms with Crippen LogP contribution in [0.25, 0.3) is 0 Å². The molecule has 0 unspecified atom stereocenters. The fraction of sp³-hybridized carbons (Fsp3) is 0.300. The Balaban J connectivity index is 1.78. The van der Waals surface area contributed by atoms with Crippen LogP contribution in [0.1, 0.15) is 10.4 Å². The molecule has 0 N–H and O–H groups in total. The minimum absolute atomic E-state index is 0.0123. The number of carbonyl (C=O) groups excluding carboxylic acids is 1. The molecule has 2 aliphatic heterocycles. The lowest BCUT2D eigenvalue weighted by Crippen LogP contribution is -2.38. The zero-order chi connectivity index (χ0) is 20.6. The quantitative estimate of drug-likeness (QED) is 0.734. The van der Waals surface area contributed by atoms with Gasteiger partial charge in [0.25, 0.3) is 5.91 Å². The standard InChI is InChI=1S/C20H20N2O5S2/c1-26-14-8-9-15(17(10-14)27-2)22-16-11-29(24,25)12-18(16)28-20(22)21-19(23)13-6-4-3-5-7-13/h3-10,16,18H,11-12H2,1-2H3/t16-,18+/m1/s1. The average molecular weight is 433 g/mol. The molecule has 9 heteroatoms. The van der Waals surface area contributed by atoms with Crippen molar-refractivity contribution < 1.29 is 22.7 Å². The van der Waals surface area contributed by atoms with Crippen LogP contribution in [-0.4, -0.2) is 56.5 Å². The van der Waals surface area contributed by atoms with Gasteiger partial charge in [-0.2, -0.15) is 4.99 Å². The highest BCUT2D eigenvalue weighted by molar-refractivity contribution is 8.16. The summed E-state index contributed by atoms with van der Waals surface area (Å²) in [6, 6.07) is 13.8. The van der Waals surface area contributed by atoms with Gasteiger partial charge in [-0.25, -0.2) is 8.42 Å². The molecule has 0 radical (unpaired) electrons. The van der Waals surface area contributed by atoms with Crippen molar-refractivity contribution in [2.45, 2.75) is 11.3 Å². The van der Waals surface area contributed by atoms with Crippen molar-refractivity contribution in [3.05, 3.63) is 54.1 Å². The number of fused-ring (bicyclic) bond motifs is 1. The zero-order valence-corrected chi connectivity index (χ0v) is 17.6. The average Bonchev–Trinajstić information content (AvgIpc) is 3.18. The van der Waals surface area contributed by atoms with E-state index >= 15 is 0 Å². The molecule has 2 aliphatic rings. The fourth-order valence-electron chi connectivity index (χ4n) is 3.56. The Bertz CT molecular complexity index is 1070. The second-order valence-electron chi connectivity index (χ2n) is 6.77. The van der Waals surface area contributed by atoms with E-state index in [1.165, 1.54) is 18.9 Å². The van der Waals surface area contributed by atoms with E-state index in [4.69, 9.17) is 9.47 Å². The second-order valence-corrected chi connectivity index (χ2v) is 10.1. The van der Waals surface area contributed by atoms with E-state index in [1.54, 1.807) is 49.6 Å². The zero-order valence-electron chi connectivity index (χ0n) is 15.9. The number of benzene rings is 2. The number of aliphatic imine (C=N–C) groups is 1. The Kier molecular flexibility index (Phi) is 5.26. The maximum atomic E-state index is 12.7. The fourth-order valence-corrected chi connectivity index (χ4v) is 7.47. The van der Waals surface area contributed by atoms with Crippen LogP contribution >= 0.6 is 11.8 Å². The van der Waals surface area contributed by atoms with Gasteiger partial charge in [0, 0.05) is 16.9 Å². The Labute approximate surface area is 173 Å². The van der Waals surface area contributed by atoms with E-state index in [0.717, 1.165) is 0 Å². The summed E-state index contributed by atoms with van der Waals surface area (Å²) in [4.78, 5) is 18.8. The molecule has 0 aromatic heterocycles. The first kappa shape index (κ1) is 19.8. The number of methoxy groups -OCH3 is 2. The van der Waals surface area contributed by atoms with E-state index in [1.807, 2.05) is 11.0 Å². The number of carbonyl (C=O) groups is 1. The molecular weight excluding hydrogens is 412 g/mol. The van der Waals surface area contributed by atoms with E-state index in [2.05, 4.69) is 4.99 Å². The first-order chi connectivity index (χ1) is 13.9. The minimum atomic E-state index is -3.15. The molecule has 4 rings (SSSR count). The summed E-state index contributed by atoms with van der Waals surface area (Å²) >= 11 is 1.33. The van der Waals surface area contributed by atoms with Crippen molar-refractivity contribution in [2.24, 2.45) is 4.99 Å². The highest BCUT2D eigenvalue weighted by Crippen LogP contribution is 2.44. The van der Waals surface area contributed by atoms with Gasteiger partial charge in [0.2, 0.25) is 0 Å². The summed E-state index contributed by atoms with van der Waals surface area (Å²) in [5.74, 6) is 0.851. The van der Waals surface area contributed by atoms with Crippen molar-refractivity contribution in [1.82, 2.24) is 0 Å². The van der Waals surface area contributed by atoms with Crippen LogP contribution in [0.2, 0.25) is 0 Å². The summed E-state index contributed by atoms with van der Waals surface area (Å²) in [5.41, 5.74) is 1.14. The Morgan fingerprint density at radius 2 is 1.86 bits per heavy atom. The molecule has 0 aliphatic carbocycles. The van der Waals surface area contributed by atoms with Crippen molar-refractivity contribution in [1.29, 1.82) is 0 Å². The van der Waals surface area contributed by atoms with Crippen LogP contribution in [0.3, 0.4) is 0 Å². The number of hydrogen-bond acceptors (Lipinski definition) is 6. The molecule has 29 heavy (non-hydrogen) atoms. The van der Waals surface area contributed by atoms with Crippen LogP contribution in [0, 0.1) is 0 Å². The van der Waals surface area contributed by atoms with E-state index in [0.29, 0.717) is 27.9 Å². The number of hydrogen-bond donors (Lipinski definition) is 0. The van der Waals surface area contributed by atoms with Crippen molar-refractivity contribution in [3.8, 4) is 11.5 Å². The predicted molar refractivity (Wildman–Crippen MR) is 114 cm³/mol. The molecule has 2 fully saturated rings. The minimum Gasteiger partial charge on any atom is -0.497 e. The molecule has 152 valence electrons. The molecular formula is C20H20N2O5S2. The van der Waals surface area contributed by atoms with E-state index < -0.39 is 9.84 Å². The van der Waals surface area contributed by atoms with Crippen molar-refractivity contribution >= 4 is 38.4 Å². The monoisotopic (exact) mass is 432 g/mol. The van der Waals surface area contributed by atoms with Crippen molar-refractivity contribution in [2.75, 3.05) is 30.6 Å². The van der Waals surface area contributed by atoms with Gasteiger partial charge < -0.3 is 14.4 Å². The molecule has 0 spiro atoms. The molecule has 2 heterocycles. The second kappa shape index (κ2) is 7.72. The number of thioether (sulfide) groups is 1. The van der Waals surface area contributed by atoms with Gasteiger partial charge in [-0.3, -0.25) is 4.79 Å². The first-order valence-corrected chi connectivity index (χ1v) is 11.7. The maximum Gasteiger partial charge on any atom is 0.279 e. The van der Waals surface area contributed by atoms with Gasteiger partial charge in [-0.1, -0.05) is 30.0 Å². The maximum absolute atomic E-state index is 12.7. The number of amides is 1. The predicted octanol–water partition coefficient (Wildman–Crippen LogP) is 2.62. The lowest BCUT2D eigenvalue weighted by Gasteiger charge is -2.26. The van der Waals surface area contributed by atoms with Gasteiger partial charge in [-0.05, 0) is 24.3 Å². The number of ether oxygens (including phenoxy) is 2. The topological polar surface area (TPSA) is 85.3 Å². The summed E-state index contributed by atoms with van der Waals surface area (Å²) < 4.78 is 35.2. The Hall–Kier alpha value is -2.52. The lowest BCUT2D eigenvalue weighted by atomic mass is 10.2. The normalized spacial score (nSPS) is 23.8. The lowest BCUT2D eigenvalue weighted by molar-refractivity contribution is 0.100. The first-order valence-electron chi connectivity index (χ1n) is 8.98. The number of sulfone groups is 1. The highest BCUT2D eigenvalue weighted by atomic mass is 32.2. The van der Waals surface area contributed by atoms with Gasteiger partial charge in [0.05, 0.1) is 37.5 Å². The van der Waals surface area contributed by atoms with Gasteiger partial charge in [0.1, 0.15) is 11.5 Å². The largest absolute Gasteiger partial charge is 0.497 e. The smallest absolute Gasteiger partial charge is 0.279 e. The van der Waals surface area contributed by atoms with E-state index in [9.17, 15) is 13.2 Å². The molecule has 2 aromatic rings. The van der Waals surface area contributed by atoms with Gasteiger partial charge in [0.15, 0.2) is 15.0 Å². The molecule has 2 aromatic carbocycles. The van der Waals surface area contributed by atoms with Crippen LogP contribution in [0.15, 0.2) is 53.5 Å². The number of rotatable bonds is 4. The van der Waals surface area contributed by atoms with Crippen LogP contribution in [0.4, 0.5) is 5.69 Å². The van der Waals surface area contributed by atoms with Crippen LogP contribution in [-0.2, 0) is 9.84 Å². The SMILES string of the molecule is COc1ccc(N2C(=NC(=O)c3ccccc3)S[C@H]3CS(=O)(=O)C[C@H]32)c(OC)c1. The molecule has 7 nitrogen and oxygen atoms in total. The van der Waals surface area contributed by atoms with Crippen LogP contribution in [0.5, 0.6) is 11.5 Å². The third kappa shape index (κ3) is 3.84. The van der Waals surface area contributed by atoms with Gasteiger partial charge in [-0.15, -0.1) is 0 Å². The van der Waals surface area contributed by atoms with E-state index in [-0.39, 0.29) is 28.7 Å². The molecule has 0 saturated carbocycles. The van der Waals surface area contributed by atoms with Gasteiger partial charge >= 0.3 is 0 Å². The summed E-state index contributed by atoms with van der Waals surface area (Å²) in [5, 5.41) is 0.293. The summed E-state index contributed by atoms with van der Waals surface area (Å²) in [7, 11) is -0.0522. The molecule has 0 bridgehead atoms. The molecule has 1 amide bonds. The number of amidine groups is 1. The third-order valence-corrected chi connectivity index (χ3v) is 8.14. The highest BCUT2D eigenvalue weighted by Gasteiger charge is 2.50. The van der Waals surface area contributed by atoms with Crippen LogP contribution < -0.4 is 14.4 Å².